The Balaban J connectivity index is 2.17. The molecule has 0 aliphatic rings. The average Bonchev–Trinajstić information content (AvgIpc) is 2.37. The normalized spacial score (nSPS) is 12.2. The van der Waals surface area contributed by atoms with Gasteiger partial charge in [-0.05, 0) is 37.5 Å². The smallest absolute Gasteiger partial charge is 0.137 e. The lowest BCUT2D eigenvalue weighted by atomic mass is 9.98. The Morgan fingerprint density at radius 2 is 1.79 bits per heavy atom. The van der Waals surface area contributed by atoms with Gasteiger partial charge in [0.1, 0.15) is 5.75 Å². The Kier molecular flexibility index (Phi) is 4.17. The SMILES string of the molecule is COc1cncc(C(N)Cc2cc(C)cc(C)c2)c1. The summed E-state index contributed by atoms with van der Waals surface area (Å²) in [4.78, 5) is 4.15. The number of nitrogens with zero attached hydrogens (tertiary/aromatic N) is 1. The lowest BCUT2D eigenvalue weighted by molar-refractivity contribution is 0.411. The van der Waals surface area contributed by atoms with Gasteiger partial charge in [-0.25, -0.2) is 0 Å². The third-order valence-electron chi connectivity index (χ3n) is 3.14. The molecular weight excluding hydrogens is 236 g/mol. The molecule has 2 aromatic rings. The van der Waals surface area contributed by atoms with Crippen LogP contribution in [0.25, 0.3) is 0 Å². The minimum absolute atomic E-state index is 0.0659. The molecular formula is C16H20N2O. The molecule has 3 nitrogen and oxygen atoms in total. The van der Waals surface area contributed by atoms with E-state index < -0.39 is 0 Å². The van der Waals surface area contributed by atoms with Crippen LogP contribution in [0.2, 0.25) is 0 Å². The number of benzene rings is 1. The van der Waals surface area contributed by atoms with Gasteiger partial charge < -0.3 is 10.5 Å². The highest BCUT2D eigenvalue weighted by Gasteiger charge is 2.09. The maximum Gasteiger partial charge on any atom is 0.137 e. The van der Waals surface area contributed by atoms with Crippen LogP contribution in [-0.2, 0) is 6.42 Å². The molecule has 3 heteroatoms. The summed E-state index contributed by atoms with van der Waals surface area (Å²) in [6.45, 7) is 4.21. The van der Waals surface area contributed by atoms with Gasteiger partial charge in [0.25, 0.3) is 0 Å². The predicted octanol–water partition coefficient (Wildman–Crippen LogP) is 2.95. The zero-order valence-electron chi connectivity index (χ0n) is 11.7. The van der Waals surface area contributed by atoms with E-state index in [0.29, 0.717) is 0 Å². The fourth-order valence-electron chi connectivity index (χ4n) is 2.31. The third kappa shape index (κ3) is 3.55. The first-order chi connectivity index (χ1) is 9.08. The Morgan fingerprint density at radius 3 is 2.42 bits per heavy atom. The van der Waals surface area contributed by atoms with Crippen molar-refractivity contribution in [3.05, 3.63) is 58.9 Å². The monoisotopic (exact) mass is 256 g/mol. The highest BCUT2D eigenvalue weighted by atomic mass is 16.5. The van der Waals surface area contributed by atoms with Gasteiger partial charge in [0.05, 0.1) is 13.3 Å². The second-order valence-electron chi connectivity index (χ2n) is 4.96. The van der Waals surface area contributed by atoms with Crippen LogP contribution in [0.5, 0.6) is 5.75 Å². The van der Waals surface area contributed by atoms with Crippen molar-refractivity contribution < 1.29 is 4.74 Å². The minimum Gasteiger partial charge on any atom is -0.495 e. The molecule has 1 unspecified atom stereocenters. The van der Waals surface area contributed by atoms with E-state index in [1.54, 1.807) is 19.5 Å². The van der Waals surface area contributed by atoms with Crippen molar-refractivity contribution in [3.8, 4) is 5.75 Å². The zero-order valence-corrected chi connectivity index (χ0v) is 11.7. The van der Waals surface area contributed by atoms with Crippen LogP contribution < -0.4 is 10.5 Å². The molecule has 0 aliphatic heterocycles. The molecule has 2 rings (SSSR count). The summed E-state index contributed by atoms with van der Waals surface area (Å²) < 4.78 is 5.18. The topological polar surface area (TPSA) is 48.1 Å². The first-order valence-corrected chi connectivity index (χ1v) is 6.40. The van der Waals surface area contributed by atoms with E-state index in [1.807, 2.05) is 6.07 Å². The van der Waals surface area contributed by atoms with E-state index in [9.17, 15) is 0 Å². The van der Waals surface area contributed by atoms with Gasteiger partial charge in [0.15, 0.2) is 0 Å². The number of hydrogen-bond donors (Lipinski definition) is 1. The van der Waals surface area contributed by atoms with Gasteiger partial charge in [-0.2, -0.15) is 0 Å². The van der Waals surface area contributed by atoms with Crippen molar-refractivity contribution in [2.24, 2.45) is 5.73 Å². The van der Waals surface area contributed by atoms with E-state index in [1.165, 1.54) is 16.7 Å². The summed E-state index contributed by atoms with van der Waals surface area (Å²) in [6, 6.07) is 8.41. The number of pyridine rings is 1. The van der Waals surface area contributed by atoms with Gasteiger partial charge in [0, 0.05) is 12.2 Å². The van der Waals surface area contributed by atoms with Crippen molar-refractivity contribution in [2.75, 3.05) is 7.11 Å². The van der Waals surface area contributed by atoms with Crippen LogP contribution in [0.3, 0.4) is 0 Å². The molecule has 0 bridgehead atoms. The van der Waals surface area contributed by atoms with E-state index >= 15 is 0 Å². The lowest BCUT2D eigenvalue weighted by Gasteiger charge is -2.13. The number of methoxy groups -OCH3 is 1. The first kappa shape index (κ1) is 13.6. The molecule has 2 N–H and O–H groups in total. The number of rotatable bonds is 4. The number of ether oxygens (including phenoxy) is 1. The summed E-state index contributed by atoms with van der Waals surface area (Å²) in [5, 5.41) is 0. The van der Waals surface area contributed by atoms with Gasteiger partial charge in [-0.15, -0.1) is 0 Å². The average molecular weight is 256 g/mol. The second-order valence-corrected chi connectivity index (χ2v) is 4.96. The largest absolute Gasteiger partial charge is 0.495 e. The maximum atomic E-state index is 6.26. The molecule has 1 aromatic heterocycles. The molecule has 0 aliphatic carbocycles. The Hall–Kier alpha value is -1.87. The minimum atomic E-state index is -0.0659. The lowest BCUT2D eigenvalue weighted by Crippen LogP contribution is -2.14. The van der Waals surface area contributed by atoms with Crippen molar-refractivity contribution in [1.29, 1.82) is 0 Å². The standard InChI is InChI=1S/C16H20N2O/c1-11-4-12(2)6-13(5-11)7-16(17)14-8-15(19-3)10-18-9-14/h4-6,8-10,16H,7,17H2,1-3H3. The second kappa shape index (κ2) is 5.85. The van der Waals surface area contributed by atoms with Crippen molar-refractivity contribution in [1.82, 2.24) is 4.98 Å². The quantitative estimate of drug-likeness (QED) is 0.915. The molecule has 0 fully saturated rings. The van der Waals surface area contributed by atoms with Crippen LogP contribution in [0.1, 0.15) is 28.3 Å². The van der Waals surface area contributed by atoms with E-state index in [4.69, 9.17) is 10.5 Å². The fourth-order valence-corrected chi connectivity index (χ4v) is 2.31. The summed E-state index contributed by atoms with van der Waals surface area (Å²) in [6.07, 6.45) is 4.29. The molecule has 1 aromatic carbocycles. The van der Waals surface area contributed by atoms with Gasteiger partial charge in [-0.3, -0.25) is 4.98 Å². The fraction of sp³-hybridized carbons (Fsp3) is 0.312. The zero-order chi connectivity index (χ0) is 13.8. The Bertz CT molecular complexity index is 546. The van der Waals surface area contributed by atoms with Gasteiger partial charge in [0.2, 0.25) is 0 Å². The van der Waals surface area contributed by atoms with Crippen molar-refractivity contribution >= 4 is 0 Å². The first-order valence-electron chi connectivity index (χ1n) is 6.40. The molecule has 1 heterocycles. The van der Waals surface area contributed by atoms with Crippen LogP contribution in [0, 0.1) is 13.8 Å². The summed E-state index contributed by atoms with van der Waals surface area (Å²) in [7, 11) is 1.64. The Labute approximate surface area is 114 Å². The van der Waals surface area contributed by atoms with Crippen LogP contribution in [0.15, 0.2) is 36.7 Å². The number of aromatic nitrogens is 1. The molecule has 0 saturated carbocycles. The van der Waals surface area contributed by atoms with Crippen LogP contribution >= 0.6 is 0 Å². The summed E-state index contributed by atoms with van der Waals surface area (Å²) >= 11 is 0. The van der Waals surface area contributed by atoms with Crippen LogP contribution in [-0.4, -0.2) is 12.1 Å². The molecule has 1 atom stereocenters. The van der Waals surface area contributed by atoms with Gasteiger partial charge >= 0.3 is 0 Å². The molecule has 0 spiro atoms. The maximum absolute atomic E-state index is 6.26. The molecule has 0 saturated heterocycles. The van der Waals surface area contributed by atoms with Gasteiger partial charge in [-0.1, -0.05) is 29.3 Å². The van der Waals surface area contributed by atoms with E-state index in [2.05, 4.69) is 37.0 Å². The highest BCUT2D eigenvalue weighted by Crippen LogP contribution is 2.20. The van der Waals surface area contributed by atoms with Crippen LogP contribution in [0.4, 0.5) is 0 Å². The Morgan fingerprint density at radius 1 is 1.11 bits per heavy atom. The van der Waals surface area contributed by atoms with Crippen molar-refractivity contribution in [2.45, 2.75) is 26.3 Å². The predicted molar refractivity (Wildman–Crippen MR) is 77.3 cm³/mol. The summed E-state index contributed by atoms with van der Waals surface area (Å²) in [5.74, 6) is 0.744. The molecule has 19 heavy (non-hydrogen) atoms. The number of nitrogens with two attached hydrogens (primary N) is 1. The highest BCUT2D eigenvalue weighted by molar-refractivity contribution is 5.31. The molecule has 0 radical (unpaired) electrons. The van der Waals surface area contributed by atoms with E-state index in [0.717, 1.165) is 17.7 Å². The number of hydrogen-bond acceptors (Lipinski definition) is 3. The van der Waals surface area contributed by atoms with Crippen molar-refractivity contribution in [3.63, 3.8) is 0 Å². The number of aryl methyl sites for hydroxylation is 2. The molecule has 100 valence electrons. The third-order valence-corrected chi connectivity index (χ3v) is 3.14. The van der Waals surface area contributed by atoms with E-state index in [-0.39, 0.29) is 6.04 Å². The summed E-state index contributed by atoms with van der Waals surface area (Å²) in [5.41, 5.74) is 11.0. The molecule has 0 amide bonds.